The van der Waals surface area contributed by atoms with Crippen molar-refractivity contribution in [1.82, 2.24) is 4.98 Å². The normalized spacial score (nSPS) is 10.0. The molecule has 9 heavy (non-hydrogen) atoms. The maximum Gasteiger partial charge on any atom is 0.194 e. The van der Waals surface area contributed by atoms with Crippen molar-refractivity contribution in [3.05, 3.63) is 17.8 Å². The van der Waals surface area contributed by atoms with Crippen LogP contribution in [0.2, 0.25) is 0 Å². The molecular weight excluding hydrogens is 118 g/mol. The van der Waals surface area contributed by atoms with Crippen LogP contribution in [0.3, 0.4) is 0 Å². The molecule has 0 fully saturated rings. The van der Waals surface area contributed by atoms with Crippen LogP contribution in [-0.4, -0.2) is 10.1 Å². The molecule has 0 bridgehead atoms. The molecule has 0 amide bonds. The number of aryl methyl sites for hydroxylation is 1. The first-order valence-corrected chi connectivity index (χ1v) is 2.91. The molecule has 0 atom stereocenters. The summed E-state index contributed by atoms with van der Waals surface area (Å²) in [5, 5.41) is 8.51. The van der Waals surface area contributed by atoms with E-state index in [1.165, 1.54) is 0 Å². The molecular formula is C6H9NO2. The van der Waals surface area contributed by atoms with E-state index in [0.717, 1.165) is 6.42 Å². The minimum Gasteiger partial charge on any atom is -0.443 e. The van der Waals surface area contributed by atoms with Gasteiger partial charge in [-0.15, -0.1) is 0 Å². The van der Waals surface area contributed by atoms with Crippen molar-refractivity contribution in [3.63, 3.8) is 0 Å². The first-order valence-electron chi connectivity index (χ1n) is 2.91. The van der Waals surface area contributed by atoms with E-state index in [0.29, 0.717) is 11.7 Å². The molecule has 0 radical (unpaired) electrons. The monoisotopic (exact) mass is 127 g/mol. The van der Waals surface area contributed by atoms with Crippen LogP contribution in [0.15, 0.2) is 10.6 Å². The van der Waals surface area contributed by atoms with Crippen LogP contribution in [0.1, 0.15) is 18.6 Å². The second kappa shape index (κ2) is 2.64. The van der Waals surface area contributed by atoms with Crippen molar-refractivity contribution in [2.75, 3.05) is 0 Å². The van der Waals surface area contributed by atoms with Gasteiger partial charge < -0.3 is 9.52 Å². The van der Waals surface area contributed by atoms with Crippen LogP contribution in [-0.2, 0) is 13.0 Å². The summed E-state index contributed by atoms with van der Waals surface area (Å²) in [6.45, 7) is 1.89. The molecule has 0 aromatic carbocycles. The van der Waals surface area contributed by atoms with E-state index in [1.807, 2.05) is 6.92 Å². The summed E-state index contributed by atoms with van der Waals surface area (Å²) in [4.78, 5) is 3.88. The van der Waals surface area contributed by atoms with E-state index in [9.17, 15) is 0 Å². The smallest absolute Gasteiger partial charge is 0.194 e. The lowest BCUT2D eigenvalue weighted by Crippen LogP contribution is -1.75. The lowest BCUT2D eigenvalue weighted by molar-refractivity contribution is 0.243. The maximum absolute atomic E-state index is 8.51. The number of rotatable bonds is 2. The Bertz CT molecular complexity index is 164. The highest BCUT2D eigenvalue weighted by Gasteiger charge is 1.97. The minimum atomic E-state index is -0.0625. The predicted octanol–water partition coefficient (Wildman–Crippen LogP) is 0.729. The standard InChI is InChI=1S/C6H9NO2/c1-2-6-7-3-5(4-8)9-6/h3,8H,2,4H2,1H3. The number of hydrogen-bond acceptors (Lipinski definition) is 3. The summed E-state index contributed by atoms with van der Waals surface area (Å²) in [6, 6.07) is 0. The fourth-order valence-electron chi connectivity index (χ4n) is 0.585. The third-order valence-electron chi connectivity index (χ3n) is 1.06. The second-order valence-electron chi connectivity index (χ2n) is 1.73. The molecule has 0 saturated carbocycles. The Morgan fingerprint density at radius 2 is 2.56 bits per heavy atom. The lowest BCUT2D eigenvalue weighted by Gasteiger charge is -1.83. The Labute approximate surface area is 53.3 Å². The molecule has 1 heterocycles. The molecule has 1 aromatic rings. The zero-order valence-electron chi connectivity index (χ0n) is 5.29. The Kier molecular flexibility index (Phi) is 1.85. The number of nitrogens with zero attached hydrogens (tertiary/aromatic N) is 1. The van der Waals surface area contributed by atoms with Crippen molar-refractivity contribution >= 4 is 0 Å². The van der Waals surface area contributed by atoms with E-state index in [4.69, 9.17) is 9.52 Å². The van der Waals surface area contributed by atoms with Gasteiger partial charge in [0.2, 0.25) is 0 Å². The summed E-state index contributed by atoms with van der Waals surface area (Å²) in [6.07, 6.45) is 2.32. The summed E-state index contributed by atoms with van der Waals surface area (Å²) >= 11 is 0. The summed E-state index contributed by atoms with van der Waals surface area (Å²) < 4.78 is 5.02. The van der Waals surface area contributed by atoms with E-state index in [1.54, 1.807) is 6.20 Å². The number of oxazole rings is 1. The van der Waals surface area contributed by atoms with Gasteiger partial charge in [0.15, 0.2) is 5.89 Å². The summed E-state index contributed by atoms with van der Waals surface area (Å²) in [7, 11) is 0. The average molecular weight is 127 g/mol. The van der Waals surface area contributed by atoms with Crippen LogP contribution in [0.4, 0.5) is 0 Å². The van der Waals surface area contributed by atoms with Crippen molar-refractivity contribution in [3.8, 4) is 0 Å². The third kappa shape index (κ3) is 1.29. The molecule has 50 valence electrons. The van der Waals surface area contributed by atoms with Crippen molar-refractivity contribution in [2.45, 2.75) is 20.0 Å². The van der Waals surface area contributed by atoms with Crippen LogP contribution in [0.5, 0.6) is 0 Å². The van der Waals surface area contributed by atoms with Crippen LogP contribution in [0.25, 0.3) is 0 Å². The fourth-order valence-corrected chi connectivity index (χ4v) is 0.585. The number of hydrogen-bond donors (Lipinski definition) is 1. The van der Waals surface area contributed by atoms with Gasteiger partial charge >= 0.3 is 0 Å². The van der Waals surface area contributed by atoms with Crippen molar-refractivity contribution in [1.29, 1.82) is 0 Å². The Morgan fingerprint density at radius 1 is 1.78 bits per heavy atom. The highest BCUT2D eigenvalue weighted by molar-refractivity contribution is 4.91. The minimum absolute atomic E-state index is 0.0625. The number of aliphatic hydroxyl groups is 1. The molecule has 3 heteroatoms. The molecule has 1 aromatic heterocycles. The molecule has 0 aliphatic heterocycles. The zero-order chi connectivity index (χ0) is 6.69. The predicted molar refractivity (Wildman–Crippen MR) is 31.8 cm³/mol. The largest absolute Gasteiger partial charge is 0.443 e. The SMILES string of the molecule is CCc1ncc(CO)o1. The molecule has 0 saturated heterocycles. The van der Waals surface area contributed by atoms with Gasteiger partial charge in [0.05, 0.1) is 6.20 Å². The van der Waals surface area contributed by atoms with E-state index < -0.39 is 0 Å². The van der Waals surface area contributed by atoms with Crippen LogP contribution in [0, 0.1) is 0 Å². The van der Waals surface area contributed by atoms with Gasteiger partial charge in [0.1, 0.15) is 12.4 Å². The molecule has 3 nitrogen and oxygen atoms in total. The van der Waals surface area contributed by atoms with E-state index >= 15 is 0 Å². The van der Waals surface area contributed by atoms with Gasteiger partial charge in [-0.25, -0.2) is 4.98 Å². The highest BCUT2D eigenvalue weighted by atomic mass is 16.4. The molecule has 0 unspecified atom stereocenters. The summed E-state index contributed by atoms with van der Waals surface area (Å²) in [5.41, 5.74) is 0. The number of aromatic nitrogens is 1. The van der Waals surface area contributed by atoms with Crippen molar-refractivity contribution in [2.24, 2.45) is 0 Å². The van der Waals surface area contributed by atoms with Gasteiger partial charge in [-0.2, -0.15) is 0 Å². The maximum atomic E-state index is 8.51. The second-order valence-corrected chi connectivity index (χ2v) is 1.73. The van der Waals surface area contributed by atoms with Crippen LogP contribution < -0.4 is 0 Å². The Morgan fingerprint density at radius 3 is 2.89 bits per heavy atom. The topological polar surface area (TPSA) is 46.3 Å². The zero-order valence-corrected chi connectivity index (χ0v) is 5.29. The highest BCUT2D eigenvalue weighted by Crippen LogP contribution is 2.02. The van der Waals surface area contributed by atoms with Gasteiger partial charge in [-0.05, 0) is 0 Å². The molecule has 1 N–H and O–H groups in total. The van der Waals surface area contributed by atoms with Gasteiger partial charge in [0, 0.05) is 6.42 Å². The molecule has 0 aliphatic rings. The fraction of sp³-hybridized carbons (Fsp3) is 0.500. The quantitative estimate of drug-likeness (QED) is 0.637. The van der Waals surface area contributed by atoms with E-state index in [2.05, 4.69) is 4.98 Å². The Balaban J connectivity index is 2.74. The first-order chi connectivity index (χ1) is 4.36. The third-order valence-corrected chi connectivity index (χ3v) is 1.06. The summed E-state index contributed by atoms with van der Waals surface area (Å²) in [5.74, 6) is 1.21. The van der Waals surface area contributed by atoms with Gasteiger partial charge in [-0.3, -0.25) is 0 Å². The van der Waals surface area contributed by atoms with Crippen LogP contribution >= 0.6 is 0 Å². The molecule has 0 spiro atoms. The van der Waals surface area contributed by atoms with Gasteiger partial charge in [0.25, 0.3) is 0 Å². The first kappa shape index (κ1) is 6.29. The van der Waals surface area contributed by atoms with Crippen molar-refractivity contribution < 1.29 is 9.52 Å². The van der Waals surface area contributed by atoms with Gasteiger partial charge in [-0.1, -0.05) is 6.92 Å². The lowest BCUT2D eigenvalue weighted by atomic mass is 10.5. The Hall–Kier alpha value is -0.830. The number of aliphatic hydroxyl groups excluding tert-OH is 1. The molecule has 1 rings (SSSR count). The average Bonchev–Trinajstić information content (AvgIpc) is 2.34. The van der Waals surface area contributed by atoms with E-state index in [-0.39, 0.29) is 6.61 Å². The molecule has 0 aliphatic carbocycles.